The maximum atomic E-state index is 12.2. The van der Waals surface area contributed by atoms with E-state index in [-0.39, 0.29) is 18.7 Å². The van der Waals surface area contributed by atoms with Gasteiger partial charge in [-0.1, -0.05) is 17.7 Å². The second-order valence-corrected chi connectivity index (χ2v) is 4.06. The zero-order chi connectivity index (χ0) is 13.4. The summed E-state index contributed by atoms with van der Waals surface area (Å²) >= 11 is 5.83. The molecule has 4 nitrogen and oxygen atoms in total. The molecule has 0 aliphatic carbocycles. The average Bonchev–Trinajstić information content (AvgIpc) is 2.38. The quantitative estimate of drug-likeness (QED) is 0.818. The summed E-state index contributed by atoms with van der Waals surface area (Å²) in [6, 6.07) is 10.6. The van der Waals surface area contributed by atoms with Gasteiger partial charge in [0, 0.05) is 23.7 Å². The summed E-state index contributed by atoms with van der Waals surface area (Å²) in [7, 11) is 0. The summed E-state index contributed by atoms with van der Waals surface area (Å²) in [6.07, 6.45) is 0.496. The Morgan fingerprint density at radius 2 is 1.83 bits per heavy atom. The van der Waals surface area contributed by atoms with E-state index in [0.717, 1.165) is 0 Å². The van der Waals surface area contributed by atoms with Crippen molar-refractivity contribution in [3.8, 4) is 12.1 Å². The van der Waals surface area contributed by atoms with Crippen LogP contribution in [0, 0.1) is 22.7 Å². The number of nitrogens with zero attached hydrogens (tertiary/aromatic N) is 3. The molecule has 0 heterocycles. The second-order valence-electron chi connectivity index (χ2n) is 3.62. The lowest BCUT2D eigenvalue weighted by atomic mass is 10.2. The number of carbonyl (C=O) groups excluding carboxylic acids is 1. The Balaban J connectivity index is 2.81. The van der Waals surface area contributed by atoms with Gasteiger partial charge in [-0.3, -0.25) is 4.79 Å². The fraction of sp³-hybridized carbons (Fsp3) is 0.308. The van der Waals surface area contributed by atoms with Crippen molar-refractivity contribution < 1.29 is 4.79 Å². The third-order valence-electron chi connectivity index (χ3n) is 2.35. The lowest BCUT2D eigenvalue weighted by Crippen LogP contribution is -2.32. The molecule has 1 rings (SSSR count). The summed E-state index contributed by atoms with van der Waals surface area (Å²) in [5.74, 6) is -0.206. The zero-order valence-corrected chi connectivity index (χ0v) is 10.5. The Morgan fingerprint density at radius 1 is 1.22 bits per heavy atom. The number of carbonyl (C=O) groups is 1. The minimum absolute atomic E-state index is 0.206. The number of hydrogen-bond donors (Lipinski definition) is 0. The van der Waals surface area contributed by atoms with Crippen molar-refractivity contribution in [1.82, 2.24) is 4.90 Å². The molecule has 0 atom stereocenters. The number of hydrogen-bond acceptors (Lipinski definition) is 3. The molecule has 0 radical (unpaired) electrons. The van der Waals surface area contributed by atoms with Crippen molar-refractivity contribution in [2.45, 2.75) is 12.8 Å². The number of amides is 1. The molecule has 1 aromatic carbocycles. The van der Waals surface area contributed by atoms with Gasteiger partial charge in [-0.2, -0.15) is 10.5 Å². The lowest BCUT2D eigenvalue weighted by molar-refractivity contribution is 0.0762. The van der Waals surface area contributed by atoms with Crippen LogP contribution in [0.2, 0.25) is 5.02 Å². The molecule has 0 saturated heterocycles. The Morgan fingerprint density at radius 3 is 2.33 bits per heavy atom. The number of rotatable bonds is 5. The smallest absolute Gasteiger partial charge is 0.253 e. The molecular formula is C13H12ClN3O. The van der Waals surface area contributed by atoms with Gasteiger partial charge in [-0.15, -0.1) is 0 Å². The maximum absolute atomic E-state index is 12.2. The van der Waals surface area contributed by atoms with Crippen LogP contribution < -0.4 is 0 Å². The van der Waals surface area contributed by atoms with E-state index in [1.165, 1.54) is 4.90 Å². The van der Waals surface area contributed by atoms with E-state index >= 15 is 0 Å². The molecule has 1 amide bonds. The van der Waals surface area contributed by atoms with Crippen LogP contribution in [0.5, 0.6) is 0 Å². The minimum atomic E-state index is -0.206. The Hall–Kier alpha value is -2.04. The van der Waals surface area contributed by atoms with Gasteiger partial charge in [-0.25, -0.2) is 0 Å². The van der Waals surface area contributed by atoms with Crippen LogP contribution in [0.1, 0.15) is 23.2 Å². The lowest BCUT2D eigenvalue weighted by Gasteiger charge is -2.20. The highest BCUT2D eigenvalue weighted by Gasteiger charge is 2.15. The summed E-state index contributed by atoms with van der Waals surface area (Å²) < 4.78 is 0. The molecule has 0 fully saturated rings. The fourth-order valence-electron chi connectivity index (χ4n) is 1.49. The van der Waals surface area contributed by atoms with Crippen molar-refractivity contribution in [3.63, 3.8) is 0 Å². The molecular weight excluding hydrogens is 250 g/mol. The average molecular weight is 262 g/mol. The molecule has 5 heteroatoms. The summed E-state index contributed by atoms with van der Waals surface area (Å²) in [4.78, 5) is 13.7. The van der Waals surface area contributed by atoms with E-state index in [1.54, 1.807) is 24.3 Å². The Bertz CT molecular complexity index is 484. The fourth-order valence-corrected chi connectivity index (χ4v) is 1.68. The van der Waals surface area contributed by atoms with E-state index in [2.05, 4.69) is 0 Å². The summed E-state index contributed by atoms with van der Waals surface area (Å²) in [6.45, 7) is 0.646. The zero-order valence-electron chi connectivity index (χ0n) is 9.77. The summed E-state index contributed by atoms with van der Waals surface area (Å²) in [5, 5.41) is 17.6. The molecule has 0 N–H and O–H groups in total. The van der Waals surface area contributed by atoms with Crippen LogP contribution in [-0.4, -0.2) is 23.9 Å². The van der Waals surface area contributed by atoms with Gasteiger partial charge >= 0.3 is 0 Å². The van der Waals surface area contributed by atoms with Crippen LogP contribution >= 0.6 is 11.6 Å². The molecule has 0 bridgehead atoms. The Labute approximate surface area is 111 Å². The monoisotopic (exact) mass is 261 g/mol. The van der Waals surface area contributed by atoms with Gasteiger partial charge in [0.15, 0.2) is 0 Å². The van der Waals surface area contributed by atoms with Crippen LogP contribution in [0.25, 0.3) is 0 Å². The van der Waals surface area contributed by atoms with Crippen LogP contribution in [0.15, 0.2) is 24.3 Å². The molecule has 0 aliphatic heterocycles. The van der Waals surface area contributed by atoms with Gasteiger partial charge in [0.05, 0.1) is 25.0 Å². The van der Waals surface area contributed by atoms with Crippen molar-refractivity contribution in [1.29, 1.82) is 10.5 Å². The first kappa shape index (κ1) is 14.0. The molecule has 18 heavy (non-hydrogen) atoms. The highest BCUT2D eigenvalue weighted by atomic mass is 35.5. The van der Waals surface area contributed by atoms with Crippen molar-refractivity contribution in [2.24, 2.45) is 0 Å². The highest BCUT2D eigenvalue weighted by molar-refractivity contribution is 6.30. The van der Waals surface area contributed by atoms with E-state index in [9.17, 15) is 4.79 Å². The van der Waals surface area contributed by atoms with Gasteiger partial charge < -0.3 is 4.90 Å². The summed E-state index contributed by atoms with van der Waals surface area (Å²) in [5.41, 5.74) is 0.471. The first-order chi connectivity index (χ1) is 8.69. The van der Waals surface area contributed by atoms with Crippen molar-refractivity contribution >= 4 is 17.5 Å². The number of nitriles is 2. The first-order valence-electron chi connectivity index (χ1n) is 5.47. The first-order valence-corrected chi connectivity index (χ1v) is 5.85. The van der Waals surface area contributed by atoms with Crippen LogP contribution in [-0.2, 0) is 0 Å². The van der Waals surface area contributed by atoms with E-state index in [4.69, 9.17) is 22.1 Å². The van der Waals surface area contributed by atoms with Gasteiger partial charge in [0.25, 0.3) is 5.91 Å². The van der Waals surface area contributed by atoms with E-state index < -0.39 is 0 Å². The van der Waals surface area contributed by atoms with Gasteiger partial charge in [0.2, 0.25) is 0 Å². The molecule has 0 aliphatic rings. The van der Waals surface area contributed by atoms with Crippen molar-refractivity contribution in [3.05, 3.63) is 34.9 Å². The predicted molar refractivity (Wildman–Crippen MR) is 67.8 cm³/mol. The maximum Gasteiger partial charge on any atom is 0.253 e. The van der Waals surface area contributed by atoms with Gasteiger partial charge in [-0.05, 0) is 18.2 Å². The number of benzene rings is 1. The molecule has 0 aromatic heterocycles. The second kappa shape index (κ2) is 7.32. The largest absolute Gasteiger partial charge is 0.337 e. The van der Waals surface area contributed by atoms with Gasteiger partial charge in [0.1, 0.15) is 0 Å². The van der Waals surface area contributed by atoms with Crippen LogP contribution in [0.4, 0.5) is 0 Å². The molecule has 0 unspecified atom stereocenters. The Kier molecular flexibility index (Phi) is 5.70. The molecule has 1 aromatic rings. The highest BCUT2D eigenvalue weighted by Crippen LogP contribution is 2.13. The molecule has 0 saturated carbocycles. The molecule has 0 spiro atoms. The SMILES string of the molecule is N#CCCN(CCC#N)C(=O)c1cccc(Cl)c1. The number of halogens is 1. The normalized spacial score (nSPS) is 9.28. The minimum Gasteiger partial charge on any atom is -0.337 e. The third-order valence-corrected chi connectivity index (χ3v) is 2.58. The van der Waals surface area contributed by atoms with Crippen molar-refractivity contribution in [2.75, 3.05) is 13.1 Å². The topological polar surface area (TPSA) is 67.9 Å². The molecule has 92 valence electrons. The predicted octanol–water partition coefficient (Wildman–Crippen LogP) is 2.61. The van der Waals surface area contributed by atoms with E-state index in [1.807, 2.05) is 12.1 Å². The third kappa shape index (κ3) is 4.08. The standard InChI is InChI=1S/C13H12ClN3O/c14-12-5-1-4-11(10-12)13(18)17(8-2-6-15)9-3-7-16/h1,4-5,10H,2-3,8-9H2. The van der Waals surface area contributed by atoms with E-state index in [0.29, 0.717) is 23.7 Å². The van der Waals surface area contributed by atoms with Crippen LogP contribution in [0.3, 0.4) is 0 Å².